The number of sulfonamides is 1. The van der Waals surface area contributed by atoms with Crippen molar-refractivity contribution >= 4 is 26.0 Å². The second kappa shape index (κ2) is 8.42. The van der Waals surface area contributed by atoms with Crippen LogP contribution in [0.4, 0.5) is 4.39 Å². The topological polar surface area (TPSA) is 73.2 Å². The fraction of sp³-hybridized carbons (Fsp3) is 0.211. The maximum Gasteiger partial charge on any atom is 0.245 e. The Morgan fingerprint density at radius 3 is 2.71 bits per heavy atom. The molecule has 6 nitrogen and oxygen atoms in total. The van der Waals surface area contributed by atoms with Gasteiger partial charge in [-0.15, -0.1) is 0 Å². The Morgan fingerprint density at radius 2 is 2.07 bits per heavy atom. The third-order valence-electron chi connectivity index (χ3n) is 4.07. The number of imidazole rings is 1. The van der Waals surface area contributed by atoms with Crippen molar-refractivity contribution in [3.8, 4) is 5.75 Å². The molecular weight excluding hydrogens is 449 g/mol. The second-order valence-corrected chi connectivity index (χ2v) is 8.63. The van der Waals surface area contributed by atoms with Crippen LogP contribution in [0.1, 0.15) is 24.4 Å². The maximum absolute atomic E-state index is 13.8. The monoisotopic (exact) mass is 467 g/mol. The standard InChI is InChI=1S/C19H19BrFN3O3S/c1-3-27-16-8-7-14(20)12-17(16)28(25,26)23-18(19-22-9-10-24(19)2)13-5-4-6-15(21)11-13/h4-12,18,23H,3H2,1-2H3. The van der Waals surface area contributed by atoms with Crippen LogP contribution in [0.2, 0.25) is 0 Å². The number of halogens is 2. The molecule has 0 spiro atoms. The lowest BCUT2D eigenvalue weighted by atomic mass is 10.1. The first kappa shape index (κ1) is 20.5. The van der Waals surface area contributed by atoms with Crippen LogP contribution in [0.25, 0.3) is 0 Å². The molecule has 0 aliphatic rings. The van der Waals surface area contributed by atoms with Gasteiger partial charge in [-0.3, -0.25) is 0 Å². The summed E-state index contributed by atoms with van der Waals surface area (Å²) in [6.45, 7) is 2.09. The van der Waals surface area contributed by atoms with Crippen LogP contribution >= 0.6 is 15.9 Å². The minimum Gasteiger partial charge on any atom is -0.492 e. The Labute approximate surface area is 171 Å². The highest BCUT2D eigenvalue weighted by atomic mass is 79.9. The molecule has 1 aromatic heterocycles. The Morgan fingerprint density at radius 1 is 1.29 bits per heavy atom. The van der Waals surface area contributed by atoms with Crippen LogP contribution in [0.5, 0.6) is 5.75 Å². The largest absolute Gasteiger partial charge is 0.492 e. The van der Waals surface area contributed by atoms with Crippen LogP contribution in [0.3, 0.4) is 0 Å². The van der Waals surface area contributed by atoms with Crippen LogP contribution in [0, 0.1) is 5.82 Å². The van der Waals surface area contributed by atoms with Crippen LogP contribution < -0.4 is 9.46 Å². The summed E-state index contributed by atoms with van der Waals surface area (Å²) in [5.74, 6) is 0.200. The Bertz CT molecular complexity index is 1090. The van der Waals surface area contributed by atoms with Crippen molar-refractivity contribution < 1.29 is 17.5 Å². The fourth-order valence-electron chi connectivity index (χ4n) is 2.80. The summed E-state index contributed by atoms with van der Waals surface area (Å²) in [7, 11) is -2.28. The van der Waals surface area contributed by atoms with E-state index in [0.29, 0.717) is 22.5 Å². The van der Waals surface area contributed by atoms with Crippen molar-refractivity contribution in [1.29, 1.82) is 0 Å². The molecule has 0 aliphatic heterocycles. The molecular formula is C19H19BrFN3O3S. The molecule has 3 rings (SSSR count). The van der Waals surface area contributed by atoms with E-state index in [4.69, 9.17) is 4.74 Å². The molecule has 0 saturated heterocycles. The smallest absolute Gasteiger partial charge is 0.245 e. The summed E-state index contributed by atoms with van der Waals surface area (Å²) in [6, 6.07) is 9.63. The number of nitrogens with zero attached hydrogens (tertiary/aromatic N) is 2. The maximum atomic E-state index is 13.8. The van der Waals surface area contributed by atoms with Gasteiger partial charge in [-0.1, -0.05) is 28.1 Å². The molecule has 0 radical (unpaired) electrons. The molecule has 0 bridgehead atoms. The first-order valence-corrected chi connectivity index (χ1v) is 10.8. The molecule has 1 unspecified atom stereocenters. The third-order valence-corrected chi connectivity index (χ3v) is 6.00. The van der Waals surface area contributed by atoms with Crippen LogP contribution in [0.15, 0.2) is 64.2 Å². The number of nitrogens with one attached hydrogen (secondary N) is 1. The van der Waals surface area contributed by atoms with Gasteiger partial charge in [-0.2, -0.15) is 4.72 Å². The average Bonchev–Trinajstić information content (AvgIpc) is 3.07. The van der Waals surface area contributed by atoms with Crippen molar-refractivity contribution in [3.05, 3.63) is 76.5 Å². The minimum atomic E-state index is -4.02. The average molecular weight is 468 g/mol. The number of rotatable bonds is 7. The van der Waals surface area contributed by atoms with Crippen molar-refractivity contribution in [2.24, 2.45) is 7.05 Å². The lowest BCUT2D eigenvalue weighted by Gasteiger charge is -2.20. The van der Waals surface area contributed by atoms with Gasteiger partial charge in [0.25, 0.3) is 0 Å². The number of aromatic nitrogens is 2. The summed E-state index contributed by atoms with van der Waals surface area (Å²) >= 11 is 3.30. The first-order valence-electron chi connectivity index (χ1n) is 8.49. The van der Waals surface area contributed by atoms with Crippen molar-refractivity contribution in [2.75, 3.05) is 6.61 Å². The molecule has 0 aliphatic carbocycles. The highest BCUT2D eigenvalue weighted by Gasteiger charge is 2.28. The predicted molar refractivity (Wildman–Crippen MR) is 107 cm³/mol. The van der Waals surface area contributed by atoms with Gasteiger partial charge in [-0.05, 0) is 42.8 Å². The van der Waals surface area contributed by atoms with E-state index >= 15 is 0 Å². The summed E-state index contributed by atoms with van der Waals surface area (Å²) < 4.78 is 50.6. The van der Waals surface area contributed by atoms with Crippen molar-refractivity contribution in [1.82, 2.24) is 14.3 Å². The molecule has 28 heavy (non-hydrogen) atoms. The van der Waals surface area contributed by atoms with Crippen LogP contribution in [-0.2, 0) is 17.1 Å². The van der Waals surface area contributed by atoms with Gasteiger partial charge in [0.05, 0.1) is 6.61 Å². The molecule has 2 aromatic carbocycles. The number of ether oxygens (including phenoxy) is 1. The summed E-state index contributed by atoms with van der Waals surface area (Å²) in [4.78, 5) is 4.23. The molecule has 1 heterocycles. The van der Waals surface area contributed by atoms with E-state index in [0.717, 1.165) is 0 Å². The number of aryl methyl sites for hydroxylation is 1. The lowest BCUT2D eigenvalue weighted by Crippen LogP contribution is -2.31. The Kier molecular flexibility index (Phi) is 6.17. The van der Waals surface area contributed by atoms with Crippen LogP contribution in [-0.4, -0.2) is 24.6 Å². The molecule has 0 fully saturated rings. The highest BCUT2D eigenvalue weighted by molar-refractivity contribution is 9.10. The number of hydrogen-bond acceptors (Lipinski definition) is 4. The van der Waals surface area contributed by atoms with Crippen molar-refractivity contribution in [2.45, 2.75) is 17.9 Å². The van der Waals surface area contributed by atoms with Gasteiger partial charge in [-0.25, -0.2) is 17.8 Å². The zero-order valence-electron chi connectivity index (χ0n) is 15.3. The van der Waals surface area contributed by atoms with Gasteiger partial charge in [0.1, 0.15) is 28.3 Å². The minimum absolute atomic E-state index is 0.0145. The van der Waals surface area contributed by atoms with E-state index in [-0.39, 0.29) is 10.6 Å². The Hall–Kier alpha value is -2.23. The quantitative estimate of drug-likeness (QED) is 0.573. The summed E-state index contributed by atoms with van der Waals surface area (Å²) in [5, 5.41) is 0. The Balaban J connectivity index is 2.08. The van der Waals surface area contributed by atoms with E-state index in [9.17, 15) is 12.8 Å². The zero-order valence-corrected chi connectivity index (χ0v) is 17.7. The number of benzene rings is 2. The van der Waals surface area contributed by atoms with E-state index in [1.807, 2.05) is 0 Å². The van der Waals surface area contributed by atoms with E-state index in [2.05, 4.69) is 25.6 Å². The fourth-order valence-corrected chi connectivity index (χ4v) is 4.66. The molecule has 1 N–H and O–H groups in total. The summed E-state index contributed by atoms with van der Waals surface area (Å²) in [6.07, 6.45) is 3.25. The van der Waals surface area contributed by atoms with Gasteiger partial charge < -0.3 is 9.30 Å². The van der Waals surface area contributed by atoms with Gasteiger partial charge >= 0.3 is 0 Å². The van der Waals surface area contributed by atoms with Crippen molar-refractivity contribution in [3.63, 3.8) is 0 Å². The van der Waals surface area contributed by atoms with E-state index in [1.54, 1.807) is 49.1 Å². The molecule has 1 atom stereocenters. The van der Waals surface area contributed by atoms with Gasteiger partial charge in [0.2, 0.25) is 10.0 Å². The summed E-state index contributed by atoms with van der Waals surface area (Å²) in [5.41, 5.74) is 0.436. The zero-order chi connectivity index (χ0) is 20.3. The first-order chi connectivity index (χ1) is 13.3. The third kappa shape index (κ3) is 4.43. The van der Waals surface area contributed by atoms with E-state index < -0.39 is 21.9 Å². The normalized spacial score (nSPS) is 12.7. The molecule has 0 saturated carbocycles. The van der Waals surface area contributed by atoms with E-state index in [1.165, 1.54) is 24.3 Å². The molecule has 148 valence electrons. The lowest BCUT2D eigenvalue weighted by molar-refractivity contribution is 0.331. The SMILES string of the molecule is CCOc1ccc(Br)cc1S(=O)(=O)NC(c1cccc(F)c1)c1nccn1C. The van der Waals surface area contributed by atoms with Gasteiger partial charge in [0, 0.05) is 23.9 Å². The molecule has 0 amide bonds. The molecule has 3 aromatic rings. The van der Waals surface area contributed by atoms with Gasteiger partial charge in [0.15, 0.2) is 0 Å². The predicted octanol–water partition coefficient (Wildman–Crippen LogP) is 3.79. The molecule has 9 heteroatoms. The highest BCUT2D eigenvalue weighted by Crippen LogP contribution is 2.30. The second-order valence-electron chi connectivity index (χ2n) is 6.03. The number of hydrogen-bond donors (Lipinski definition) is 1.